The first-order valence-electron chi connectivity index (χ1n) is 15.9. The maximum absolute atomic E-state index is 14.3. The van der Waals surface area contributed by atoms with Crippen LogP contribution in [0.2, 0.25) is 0 Å². The van der Waals surface area contributed by atoms with Gasteiger partial charge in [0.2, 0.25) is 5.91 Å². The van der Waals surface area contributed by atoms with Gasteiger partial charge in [0.1, 0.15) is 11.5 Å². The highest BCUT2D eigenvalue weighted by Crippen LogP contribution is 2.30. The average molecular weight is 702 g/mol. The third kappa shape index (κ3) is 11.3. The van der Waals surface area contributed by atoms with Gasteiger partial charge < -0.3 is 29.1 Å². The minimum absolute atomic E-state index is 0.000776. The Morgan fingerprint density at radius 1 is 1.17 bits per heavy atom. The number of nitrogens with one attached hydrogen (secondary N) is 1. The zero-order chi connectivity index (χ0) is 35.6. The van der Waals surface area contributed by atoms with Crippen LogP contribution < -0.4 is 14.2 Å². The van der Waals surface area contributed by atoms with Gasteiger partial charge in [-0.2, -0.15) is 13.2 Å². The summed E-state index contributed by atoms with van der Waals surface area (Å²) >= 11 is 0. The molecule has 11 nitrogen and oxygen atoms in total. The molecule has 2 N–H and O–H groups in total. The molecule has 0 radical (unpaired) electrons. The van der Waals surface area contributed by atoms with Crippen LogP contribution in [-0.2, 0) is 19.6 Å². The second kappa shape index (κ2) is 17.2. The molecule has 0 fully saturated rings. The zero-order valence-corrected chi connectivity index (χ0v) is 28.8. The van der Waals surface area contributed by atoms with Gasteiger partial charge in [0.25, 0.3) is 15.9 Å². The Hall–Kier alpha value is -3.56. The summed E-state index contributed by atoms with van der Waals surface area (Å²) in [7, 11) is -1.16. The lowest BCUT2D eigenvalue weighted by atomic mass is 10.0. The van der Waals surface area contributed by atoms with Gasteiger partial charge in [0.15, 0.2) is 0 Å². The highest BCUT2D eigenvalue weighted by atomic mass is 32.2. The molecule has 2 aromatic rings. The van der Waals surface area contributed by atoms with Crippen molar-refractivity contribution >= 4 is 27.5 Å². The number of hydrogen-bond acceptors (Lipinski definition) is 8. The second-order valence-corrected chi connectivity index (χ2v) is 13.9. The lowest BCUT2D eigenvalue weighted by Gasteiger charge is -2.36. The molecule has 3 rings (SSSR count). The van der Waals surface area contributed by atoms with Crippen molar-refractivity contribution in [1.82, 2.24) is 9.80 Å². The van der Waals surface area contributed by atoms with Crippen LogP contribution in [0.4, 0.5) is 18.9 Å². The van der Waals surface area contributed by atoms with Crippen LogP contribution in [0.3, 0.4) is 0 Å². The first kappa shape index (κ1) is 38.9. The van der Waals surface area contributed by atoms with E-state index in [1.807, 2.05) is 6.92 Å². The molecule has 0 aromatic heterocycles. The average Bonchev–Trinajstić information content (AvgIpc) is 3.04. The number of halogens is 3. The highest BCUT2D eigenvalue weighted by molar-refractivity contribution is 7.92. The van der Waals surface area contributed by atoms with E-state index in [-0.39, 0.29) is 41.1 Å². The molecule has 0 aliphatic carbocycles. The molecule has 1 heterocycles. The standard InChI is InChI=1S/C33H46F3N3O8S/c1-22-19-39(23(2)21-40)32(42)28-18-25(37-48(43,44)27-12-10-26(45-5)11-13-27)9-14-29(28)47-24(3)8-6-7-17-46-30(22)20-38(4)31(41)15-16-33(34,35)36/h9-14,18,22-24,30,37,40H,6-8,15-17,19-21H2,1-5H3/t22-,23-,24-,30-/m1/s1. The van der Waals surface area contributed by atoms with Crippen molar-refractivity contribution in [2.45, 2.75) is 82.2 Å². The van der Waals surface area contributed by atoms with E-state index in [0.717, 1.165) is 0 Å². The minimum Gasteiger partial charge on any atom is -0.497 e. The zero-order valence-electron chi connectivity index (χ0n) is 28.0. The lowest BCUT2D eigenvalue weighted by Crippen LogP contribution is -2.48. The van der Waals surface area contributed by atoms with Crippen molar-refractivity contribution in [1.29, 1.82) is 0 Å². The molecule has 2 amide bonds. The van der Waals surface area contributed by atoms with Crippen LogP contribution in [0.25, 0.3) is 0 Å². The van der Waals surface area contributed by atoms with Gasteiger partial charge in [0.05, 0.1) is 48.8 Å². The van der Waals surface area contributed by atoms with Crippen LogP contribution in [0, 0.1) is 5.92 Å². The van der Waals surface area contributed by atoms with Crippen LogP contribution in [0.15, 0.2) is 47.4 Å². The van der Waals surface area contributed by atoms with E-state index in [0.29, 0.717) is 31.6 Å². The molecule has 0 bridgehead atoms. The van der Waals surface area contributed by atoms with Crippen molar-refractivity contribution in [2.24, 2.45) is 5.92 Å². The van der Waals surface area contributed by atoms with E-state index in [4.69, 9.17) is 14.2 Å². The molecule has 1 aliphatic rings. The quantitative estimate of drug-likeness (QED) is 0.350. The molecular weight excluding hydrogens is 655 g/mol. The summed E-state index contributed by atoms with van der Waals surface area (Å²) in [4.78, 5) is 29.4. The third-order valence-electron chi connectivity index (χ3n) is 8.18. The van der Waals surface area contributed by atoms with Crippen LogP contribution in [0.1, 0.15) is 63.2 Å². The first-order chi connectivity index (χ1) is 22.5. The summed E-state index contributed by atoms with van der Waals surface area (Å²) in [6, 6.07) is 9.54. The maximum Gasteiger partial charge on any atom is 0.389 e. The number of amides is 2. The van der Waals surface area contributed by atoms with Gasteiger partial charge in [-0.3, -0.25) is 14.3 Å². The van der Waals surface area contributed by atoms with E-state index in [1.54, 1.807) is 13.8 Å². The van der Waals surface area contributed by atoms with E-state index in [2.05, 4.69) is 4.72 Å². The number of carbonyl (C=O) groups is 2. The Bertz CT molecular complexity index is 1470. The summed E-state index contributed by atoms with van der Waals surface area (Å²) in [6.45, 7) is 5.28. The molecule has 2 aromatic carbocycles. The molecule has 0 unspecified atom stereocenters. The van der Waals surface area contributed by atoms with Gasteiger partial charge in [-0.25, -0.2) is 8.42 Å². The number of methoxy groups -OCH3 is 1. The number of rotatable bonds is 10. The Morgan fingerprint density at radius 2 is 1.85 bits per heavy atom. The molecule has 0 saturated carbocycles. The van der Waals surface area contributed by atoms with Crippen molar-refractivity contribution in [3.8, 4) is 11.5 Å². The normalized spacial score (nSPS) is 20.6. The Labute approximate surface area is 280 Å². The van der Waals surface area contributed by atoms with Crippen molar-refractivity contribution < 1.29 is 50.5 Å². The van der Waals surface area contributed by atoms with E-state index >= 15 is 0 Å². The Morgan fingerprint density at radius 3 is 2.48 bits per heavy atom. The highest BCUT2D eigenvalue weighted by Gasteiger charge is 2.32. The smallest absolute Gasteiger partial charge is 0.389 e. The minimum atomic E-state index is -4.46. The summed E-state index contributed by atoms with van der Waals surface area (Å²) < 4.78 is 84.6. The van der Waals surface area contributed by atoms with Gasteiger partial charge in [0, 0.05) is 44.8 Å². The summed E-state index contributed by atoms with van der Waals surface area (Å²) in [5.74, 6) is -0.923. The van der Waals surface area contributed by atoms with Crippen LogP contribution in [-0.4, -0.2) is 100 Å². The Kier molecular flexibility index (Phi) is 13.9. The number of alkyl halides is 3. The third-order valence-corrected chi connectivity index (χ3v) is 9.57. The molecule has 15 heteroatoms. The van der Waals surface area contributed by atoms with E-state index < -0.39 is 65.5 Å². The van der Waals surface area contributed by atoms with Gasteiger partial charge in [-0.1, -0.05) is 6.92 Å². The molecule has 1 aliphatic heterocycles. The molecule has 4 atom stereocenters. The fourth-order valence-electron chi connectivity index (χ4n) is 5.23. The van der Waals surface area contributed by atoms with Crippen LogP contribution >= 0.6 is 0 Å². The van der Waals surface area contributed by atoms with Crippen molar-refractivity contribution in [3.05, 3.63) is 48.0 Å². The summed E-state index contributed by atoms with van der Waals surface area (Å²) in [5.41, 5.74) is 0.179. The second-order valence-electron chi connectivity index (χ2n) is 12.2. The monoisotopic (exact) mass is 701 g/mol. The number of likely N-dealkylation sites (N-methyl/N-ethyl adjacent to an activating group) is 1. The summed E-state index contributed by atoms with van der Waals surface area (Å²) in [6.07, 6.45) is -5.37. The summed E-state index contributed by atoms with van der Waals surface area (Å²) in [5, 5.41) is 10.1. The molecule has 268 valence electrons. The number of aliphatic hydroxyl groups is 1. The molecule has 0 saturated heterocycles. The van der Waals surface area contributed by atoms with Gasteiger partial charge in [-0.15, -0.1) is 0 Å². The molecular formula is C33H46F3N3O8S. The Balaban J connectivity index is 1.95. The number of benzene rings is 2. The number of fused-ring (bicyclic) bond motifs is 1. The number of nitrogens with zero attached hydrogens (tertiary/aromatic N) is 2. The number of ether oxygens (including phenoxy) is 3. The topological polar surface area (TPSA) is 135 Å². The predicted molar refractivity (Wildman–Crippen MR) is 174 cm³/mol. The maximum atomic E-state index is 14.3. The van der Waals surface area contributed by atoms with E-state index in [1.165, 1.54) is 66.4 Å². The fraction of sp³-hybridized carbons (Fsp3) is 0.576. The molecule has 0 spiro atoms. The molecule has 48 heavy (non-hydrogen) atoms. The van der Waals surface area contributed by atoms with Gasteiger partial charge in [-0.05, 0) is 75.6 Å². The number of hydrogen-bond donors (Lipinski definition) is 2. The lowest BCUT2D eigenvalue weighted by molar-refractivity contribution is -0.149. The SMILES string of the molecule is COc1ccc(S(=O)(=O)Nc2ccc3c(c2)C(=O)N([C@H](C)CO)C[C@@H](C)[C@@H](CN(C)C(=O)CCC(F)(F)F)OCCCC[C@@H](C)O3)cc1. The van der Waals surface area contributed by atoms with Gasteiger partial charge >= 0.3 is 6.18 Å². The van der Waals surface area contributed by atoms with E-state index in [9.17, 15) is 36.3 Å². The number of aliphatic hydroxyl groups excluding tert-OH is 1. The number of sulfonamides is 1. The first-order valence-corrected chi connectivity index (χ1v) is 17.3. The fourth-order valence-corrected chi connectivity index (χ4v) is 6.28. The number of carbonyl (C=O) groups excluding carboxylic acids is 2. The predicted octanol–water partition coefficient (Wildman–Crippen LogP) is 5.09. The largest absolute Gasteiger partial charge is 0.497 e. The van der Waals surface area contributed by atoms with Crippen molar-refractivity contribution in [3.63, 3.8) is 0 Å². The van der Waals surface area contributed by atoms with Crippen LogP contribution in [0.5, 0.6) is 11.5 Å². The van der Waals surface area contributed by atoms with Crippen molar-refractivity contribution in [2.75, 3.05) is 45.2 Å². The number of anilines is 1.